The number of nitrogens with zero attached hydrogens (tertiary/aromatic N) is 2. The number of benzene rings is 2. The maximum Gasteiger partial charge on any atom is 0.335 e. The van der Waals surface area contributed by atoms with Crippen LogP contribution >= 0.6 is 0 Å². The van der Waals surface area contributed by atoms with Crippen molar-refractivity contribution in [3.8, 4) is 0 Å². The number of hydrogen-bond donors (Lipinski definition) is 3. The van der Waals surface area contributed by atoms with E-state index < -0.39 is 5.97 Å². The topological polar surface area (TPSA) is 90.4 Å². The maximum absolute atomic E-state index is 10.8. The molecule has 1 heterocycles. The van der Waals surface area contributed by atoms with E-state index >= 15 is 0 Å². The average molecular weight is 294 g/mol. The number of hydrogen-bond acceptors (Lipinski definition) is 4. The minimum Gasteiger partial charge on any atom is -0.478 e. The van der Waals surface area contributed by atoms with E-state index in [1.165, 1.54) is 12.1 Å². The predicted molar refractivity (Wildman–Crippen MR) is 85.4 cm³/mol. The van der Waals surface area contributed by atoms with Gasteiger partial charge in [0.2, 0.25) is 5.95 Å². The first-order valence-electron chi connectivity index (χ1n) is 6.70. The molecule has 3 N–H and O–H groups in total. The lowest BCUT2D eigenvalue weighted by Gasteiger charge is -1.96. The summed E-state index contributed by atoms with van der Waals surface area (Å²) < 4.78 is 0. The van der Waals surface area contributed by atoms with Crippen LogP contribution in [0.1, 0.15) is 21.5 Å². The van der Waals surface area contributed by atoms with Crippen molar-refractivity contribution in [2.75, 3.05) is 5.43 Å². The number of fused-ring (bicyclic) bond motifs is 1. The van der Waals surface area contributed by atoms with E-state index in [2.05, 4.69) is 20.5 Å². The fourth-order valence-electron chi connectivity index (χ4n) is 2.06. The molecule has 2 aromatic carbocycles. The van der Waals surface area contributed by atoms with E-state index in [-0.39, 0.29) is 5.56 Å². The Morgan fingerprint density at radius 1 is 1.27 bits per heavy atom. The summed E-state index contributed by atoms with van der Waals surface area (Å²) >= 11 is 0. The molecule has 6 heteroatoms. The maximum atomic E-state index is 10.8. The van der Waals surface area contributed by atoms with Crippen molar-refractivity contribution in [2.45, 2.75) is 6.92 Å². The monoisotopic (exact) mass is 294 g/mol. The molecule has 0 unspecified atom stereocenters. The van der Waals surface area contributed by atoms with Crippen molar-refractivity contribution in [3.63, 3.8) is 0 Å². The molecule has 0 amide bonds. The summed E-state index contributed by atoms with van der Waals surface area (Å²) in [6.07, 6.45) is 1.60. The summed E-state index contributed by atoms with van der Waals surface area (Å²) in [4.78, 5) is 18.3. The summed E-state index contributed by atoms with van der Waals surface area (Å²) in [6.45, 7) is 2.02. The van der Waals surface area contributed by atoms with Gasteiger partial charge >= 0.3 is 5.97 Å². The van der Waals surface area contributed by atoms with Crippen LogP contribution in [-0.2, 0) is 0 Å². The molecule has 3 rings (SSSR count). The Morgan fingerprint density at radius 3 is 2.77 bits per heavy atom. The molecule has 0 aliphatic heterocycles. The van der Waals surface area contributed by atoms with E-state index in [9.17, 15) is 4.79 Å². The Morgan fingerprint density at radius 2 is 2.05 bits per heavy atom. The first-order valence-corrected chi connectivity index (χ1v) is 6.70. The van der Waals surface area contributed by atoms with Crippen LogP contribution in [0.2, 0.25) is 0 Å². The van der Waals surface area contributed by atoms with Gasteiger partial charge in [-0.3, -0.25) is 0 Å². The number of carbonyl (C=O) groups is 1. The first-order chi connectivity index (χ1) is 10.6. The summed E-state index contributed by atoms with van der Waals surface area (Å²) in [6, 6.07) is 12.4. The molecule has 6 nitrogen and oxygen atoms in total. The van der Waals surface area contributed by atoms with E-state index in [4.69, 9.17) is 5.11 Å². The molecule has 0 saturated carbocycles. The summed E-state index contributed by atoms with van der Waals surface area (Å²) in [5.41, 5.74) is 6.84. The molecule has 3 aromatic rings. The normalized spacial score (nSPS) is 11.1. The molecule has 0 radical (unpaired) electrons. The van der Waals surface area contributed by atoms with E-state index in [1.807, 2.05) is 25.1 Å². The Kier molecular flexibility index (Phi) is 3.57. The largest absolute Gasteiger partial charge is 0.478 e. The lowest BCUT2D eigenvalue weighted by molar-refractivity contribution is 0.0697. The number of carboxylic acids is 1. The number of aromatic nitrogens is 2. The Balaban J connectivity index is 1.71. The second kappa shape index (κ2) is 5.69. The van der Waals surface area contributed by atoms with Gasteiger partial charge in [0.1, 0.15) is 0 Å². The Bertz CT molecular complexity index is 850. The van der Waals surface area contributed by atoms with Gasteiger partial charge in [0, 0.05) is 0 Å². The van der Waals surface area contributed by atoms with Crippen LogP contribution in [0.15, 0.2) is 47.6 Å². The van der Waals surface area contributed by atoms with Crippen molar-refractivity contribution in [2.24, 2.45) is 5.10 Å². The van der Waals surface area contributed by atoms with Gasteiger partial charge in [0.05, 0.1) is 22.8 Å². The molecule has 0 fully saturated rings. The van der Waals surface area contributed by atoms with Crippen molar-refractivity contribution in [1.29, 1.82) is 0 Å². The molecule has 0 spiro atoms. The molecule has 110 valence electrons. The third-order valence-corrected chi connectivity index (χ3v) is 3.18. The van der Waals surface area contributed by atoms with Crippen LogP contribution in [0.3, 0.4) is 0 Å². The highest BCUT2D eigenvalue weighted by Crippen LogP contribution is 2.15. The first kappa shape index (κ1) is 13.8. The van der Waals surface area contributed by atoms with Crippen LogP contribution < -0.4 is 5.43 Å². The van der Waals surface area contributed by atoms with Gasteiger partial charge in [-0.05, 0) is 42.3 Å². The van der Waals surface area contributed by atoms with Gasteiger partial charge in [0.25, 0.3) is 0 Å². The third-order valence-electron chi connectivity index (χ3n) is 3.18. The lowest BCUT2D eigenvalue weighted by Crippen LogP contribution is -1.96. The van der Waals surface area contributed by atoms with Crippen LogP contribution in [-0.4, -0.2) is 27.3 Å². The number of imidazole rings is 1. The number of aromatic carboxylic acids is 1. The van der Waals surface area contributed by atoms with Crippen molar-refractivity contribution in [1.82, 2.24) is 9.97 Å². The van der Waals surface area contributed by atoms with Crippen LogP contribution in [0, 0.1) is 6.92 Å². The van der Waals surface area contributed by atoms with Gasteiger partial charge < -0.3 is 10.1 Å². The molecule has 0 bridgehead atoms. The Hall–Kier alpha value is -3.15. The van der Waals surface area contributed by atoms with Crippen molar-refractivity contribution < 1.29 is 9.90 Å². The number of nitrogens with one attached hydrogen (secondary N) is 2. The molecule has 22 heavy (non-hydrogen) atoms. The predicted octanol–water partition coefficient (Wildman–Crippen LogP) is 3.02. The second-order valence-electron chi connectivity index (χ2n) is 4.90. The fraction of sp³-hybridized carbons (Fsp3) is 0.0625. The smallest absolute Gasteiger partial charge is 0.335 e. The molecular formula is C16H14N4O2. The number of aromatic amines is 1. The fourth-order valence-corrected chi connectivity index (χ4v) is 2.06. The molecule has 1 aromatic heterocycles. The van der Waals surface area contributed by atoms with Crippen molar-refractivity contribution in [3.05, 3.63) is 59.2 Å². The standard InChI is InChI=1S/C16H14N4O2/c1-10-2-7-13-14(8-10)19-16(18-13)20-17-9-11-3-5-12(6-4-11)15(21)22/h2-9H,1H3,(H,21,22)(H2,18,19,20)/b17-9-. The van der Waals surface area contributed by atoms with Gasteiger partial charge in [0.15, 0.2) is 0 Å². The minimum atomic E-state index is -0.945. The zero-order valence-electron chi connectivity index (χ0n) is 11.9. The molecule has 0 atom stereocenters. The zero-order chi connectivity index (χ0) is 15.5. The van der Waals surface area contributed by atoms with Gasteiger partial charge in [-0.25, -0.2) is 15.2 Å². The van der Waals surface area contributed by atoms with Gasteiger partial charge in [-0.2, -0.15) is 5.10 Å². The number of H-pyrrole nitrogens is 1. The molecular weight excluding hydrogens is 280 g/mol. The SMILES string of the molecule is Cc1ccc2nc(N/N=C\c3ccc(C(=O)O)cc3)[nH]c2c1. The van der Waals surface area contributed by atoms with Gasteiger partial charge in [-0.1, -0.05) is 18.2 Å². The van der Waals surface area contributed by atoms with E-state index in [0.717, 1.165) is 22.2 Å². The molecule has 0 saturated heterocycles. The van der Waals surface area contributed by atoms with E-state index in [1.54, 1.807) is 18.3 Å². The highest BCUT2D eigenvalue weighted by molar-refractivity contribution is 5.89. The highest BCUT2D eigenvalue weighted by atomic mass is 16.4. The van der Waals surface area contributed by atoms with Gasteiger partial charge in [-0.15, -0.1) is 0 Å². The molecule has 0 aliphatic rings. The summed E-state index contributed by atoms with van der Waals surface area (Å²) in [5.74, 6) is -0.391. The number of anilines is 1. The highest BCUT2D eigenvalue weighted by Gasteiger charge is 2.02. The van der Waals surface area contributed by atoms with Crippen LogP contribution in [0.4, 0.5) is 5.95 Å². The number of aryl methyl sites for hydroxylation is 1. The average Bonchev–Trinajstić information content (AvgIpc) is 2.89. The van der Waals surface area contributed by atoms with Crippen LogP contribution in [0.25, 0.3) is 11.0 Å². The number of rotatable bonds is 4. The van der Waals surface area contributed by atoms with Crippen LogP contribution in [0.5, 0.6) is 0 Å². The number of carboxylic acid groups (broad SMARTS) is 1. The summed E-state index contributed by atoms with van der Waals surface area (Å²) in [7, 11) is 0. The lowest BCUT2D eigenvalue weighted by atomic mass is 10.1. The Labute approximate surface area is 126 Å². The zero-order valence-corrected chi connectivity index (χ0v) is 11.9. The van der Waals surface area contributed by atoms with Crippen molar-refractivity contribution >= 4 is 29.2 Å². The van der Waals surface area contributed by atoms with E-state index in [0.29, 0.717) is 5.95 Å². The third kappa shape index (κ3) is 2.95. The second-order valence-corrected chi connectivity index (χ2v) is 4.90. The molecule has 0 aliphatic carbocycles. The summed E-state index contributed by atoms with van der Waals surface area (Å²) in [5, 5.41) is 12.9. The quantitative estimate of drug-likeness (QED) is 0.509. The minimum absolute atomic E-state index is 0.248. The number of hydrazone groups is 1.